The highest BCUT2D eigenvalue weighted by Crippen LogP contribution is 2.27. The number of carboxylic acids is 1. The zero-order valence-corrected chi connectivity index (χ0v) is 13.8. The smallest absolute Gasteiger partial charge is 0.308 e. The SMILES string of the molecule is O=C1CCc2cc(C(=O)N[C@H]3CCCCC[C@H]3C(=O)O)c(F)cc2N1. The predicted octanol–water partition coefficient (Wildman–Crippen LogP) is 2.47. The Morgan fingerprint density at radius 3 is 2.68 bits per heavy atom. The minimum absolute atomic E-state index is 0.108. The monoisotopic (exact) mass is 348 g/mol. The lowest BCUT2D eigenvalue weighted by Gasteiger charge is -2.24. The molecule has 134 valence electrons. The summed E-state index contributed by atoms with van der Waals surface area (Å²) in [6.07, 6.45) is 4.42. The summed E-state index contributed by atoms with van der Waals surface area (Å²) in [6.45, 7) is 0. The number of amides is 2. The fraction of sp³-hybridized carbons (Fsp3) is 0.500. The molecule has 0 spiro atoms. The third kappa shape index (κ3) is 3.81. The Balaban J connectivity index is 1.80. The number of rotatable bonds is 3. The lowest BCUT2D eigenvalue weighted by molar-refractivity contribution is -0.142. The van der Waals surface area contributed by atoms with Crippen molar-refractivity contribution in [3.8, 4) is 0 Å². The van der Waals surface area contributed by atoms with E-state index < -0.39 is 29.7 Å². The number of fused-ring (bicyclic) bond motifs is 1. The molecule has 2 aliphatic rings. The van der Waals surface area contributed by atoms with Crippen LogP contribution >= 0.6 is 0 Å². The van der Waals surface area contributed by atoms with Crippen molar-refractivity contribution < 1.29 is 23.9 Å². The number of carbonyl (C=O) groups excluding carboxylic acids is 2. The van der Waals surface area contributed by atoms with E-state index in [-0.39, 0.29) is 11.5 Å². The number of anilines is 1. The molecule has 3 rings (SSSR count). The standard InChI is InChI=1S/C18H21FN2O4/c19-13-9-15-10(6-7-16(22)20-15)8-12(13)17(23)21-14-5-3-1-2-4-11(14)18(24)25/h8-9,11,14H,1-7H2,(H,20,22)(H,21,23)(H,24,25)/t11-,14+/m1/s1. The first-order valence-corrected chi connectivity index (χ1v) is 8.61. The minimum Gasteiger partial charge on any atom is -0.481 e. The molecule has 0 unspecified atom stereocenters. The van der Waals surface area contributed by atoms with Gasteiger partial charge in [-0.2, -0.15) is 0 Å². The average molecular weight is 348 g/mol. The molecule has 1 aromatic rings. The molecule has 1 fully saturated rings. The normalized spacial score (nSPS) is 23.2. The number of aryl methyl sites for hydroxylation is 1. The van der Waals surface area contributed by atoms with Gasteiger partial charge in [0.2, 0.25) is 5.91 Å². The summed E-state index contributed by atoms with van der Waals surface area (Å²) in [7, 11) is 0. The van der Waals surface area contributed by atoms with Gasteiger partial charge in [0.05, 0.1) is 11.5 Å². The van der Waals surface area contributed by atoms with E-state index in [1.54, 1.807) is 0 Å². The maximum absolute atomic E-state index is 14.3. The number of carboxylic acid groups (broad SMARTS) is 1. The first-order chi connectivity index (χ1) is 12.0. The molecule has 1 aliphatic carbocycles. The van der Waals surface area contributed by atoms with Gasteiger partial charge in [-0.25, -0.2) is 4.39 Å². The lowest BCUT2D eigenvalue weighted by atomic mass is 9.94. The van der Waals surface area contributed by atoms with Crippen LogP contribution in [0.3, 0.4) is 0 Å². The van der Waals surface area contributed by atoms with Crippen LogP contribution in [-0.4, -0.2) is 28.9 Å². The Morgan fingerprint density at radius 2 is 1.92 bits per heavy atom. The van der Waals surface area contributed by atoms with E-state index in [0.717, 1.165) is 25.3 Å². The van der Waals surface area contributed by atoms with Gasteiger partial charge in [0.15, 0.2) is 0 Å². The lowest BCUT2D eigenvalue weighted by Crippen LogP contribution is -2.43. The largest absolute Gasteiger partial charge is 0.481 e. The average Bonchev–Trinajstić information content (AvgIpc) is 2.79. The van der Waals surface area contributed by atoms with Crippen molar-refractivity contribution in [1.82, 2.24) is 5.32 Å². The van der Waals surface area contributed by atoms with Crippen LogP contribution in [0.5, 0.6) is 0 Å². The maximum atomic E-state index is 14.3. The van der Waals surface area contributed by atoms with Crippen molar-refractivity contribution in [3.63, 3.8) is 0 Å². The number of halogens is 1. The van der Waals surface area contributed by atoms with Crippen LogP contribution in [0.4, 0.5) is 10.1 Å². The second-order valence-corrected chi connectivity index (χ2v) is 6.70. The Bertz CT molecular complexity index is 719. The van der Waals surface area contributed by atoms with Crippen LogP contribution in [0, 0.1) is 11.7 Å². The van der Waals surface area contributed by atoms with Crippen LogP contribution in [0.15, 0.2) is 12.1 Å². The van der Waals surface area contributed by atoms with Gasteiger partial charge >= 0.3 is 5.97 Å². The van der Waals surface area contributed by atoms with Gasteiger partial charge in [-0.05, 0) is 37.0 Å². The summed E-state index contributed by atoms with van der Waals surface area (Å²) in [5, 5.41) is 14.7. The van der Waals surface area contributed by atoms with Gasteiger partial charge in [-0.3, -0.25) is 14.4 Å². The minimum atomic E-state index is -0.930. The Labute approximate surface area is 144 Å². The first kappa shape index (κ1) is 17.4. The van der Waals surface area contributed by atoms with Crippen molar-refractivity contribution in [2.45, 2.75) is 51.0 Å². The fourth-order valence-electron chi connectivity index (χ4n) is 3.60. The van der Waals surface area contributed by atoms with Crippen LogP contribution in [-0.2, 0) is 16.0 Å². The van der Waals surface area contributed by atoms with Gasteiger partial charge < -0.3 is 15.7 Å². The molecule has 0 saturated heterocycles. The molecule has 3 N–H and O–H groups in total. The van der Waals surface area contributed by atoms with E-state index in [2.05, 4.69) is 10.6 Å². The van der Waals surface area contributed by atoms with E-state index >= 15 is 0 Å². The zero-order valence-electron chi connectivity index (χ0n) is 13.8. The fourth-order valence-corrected chi connectivity index (χ4v) is 3.60. The van der Waals surface area contributed by atoms with Crippen LogP contribution in [0.1, 0.15) is 54.4 Å². The van der Waals surface area contributed by atoms with Crippen molar-refractivity contribution in [3.05, 3.63) is 29.1 Å². The van der Waals surface area contributed by atoms with Gasteiger partial charge in [0.1, 0.15) is 5.82 Å². The Hall–Kier alpha value is -2.44. The molecule has 1 aliphatic heterocycles. The van der Waals surface area contributed by atoms with Crippen LogP contribution < -0.4 is 10.6 Å². The summed E-state index contributed by atoms with van der Waals surface area (Å²) in [5.74, 6) is -3.08. The predicted molar refractivity (Wildman–Crippen MR) is 88.8 cm³/mol. The highest BCUT2D eigenvalue weighted by molar-refractivity contribution is 5.98. The Kier molecular flexibility index (Phi) is 5.01. The maximum Gasteiger partial charge on any atom is 0.308 e. The third-order valence-corrected chi connectivity index (χ3v) is 4.98. The molecule has 0 radical (unpaired) electrons. The number of nitrogens with one attached hydrogen (secondary N) is 2. The molecule has 2 atom stereocenters. The van der Waals surface area contributed by atoms with Crippen molar-refractivity contribution in [2.24, 2.45) is 5.92 Å². The van der Waals surface area contributed by atoms with E-state index in [9.17, 15) is 23.9 Å². The molecule has 25 heavy (non-hydrogen) atoms. The third-order valence-electron chi connectivity index (χ3n) is 4.98. The number of aliphatic carboxylic acids is 1. The molecular weight excluding hydrogens is 327 g/mol. The van der Waals surface area contributed by atoms with Crippen LogP contribution in [0.2, 0.25) is 0 Å². The molecule has 1 aromatic carbocycles. The highest BCUT2D eigenvalue weighted by atomic mass is 19.1. The molecule has 2 amide bonds. The van der Waals surface area contributed by atoms with E-state index in [1.807, 2.05) is 0 Å². The number of hydrogen-bond donors (Lipinski definition) is 3. The van der Waals surface area contributed by atoms with Crippen molar-refractivity contribution in [1.29, 1.82) is 0 Å². The van der Waals surface area contributed by atoms with Crippen molar-refractivity contribution >= 4 is 23.5 Å². The first-order valence-electron chi connectivity index (χ1n) is 8.61. The molecular formula is C18H21FN2O4. The van der Waals surface area contributed by atoms with Gasteiger partial charge in [-0.15, -0.1) is 0 Å². The summed E-state index contributed by atoms with van der Waals surface area (Å²) in [6, 6.07) is 2.11. The summed E-state index contributed by atoms with van der Waals surface area (Å²) in [4.78, 5) is 35.4. The summed E-state index contributed by atoms with van der Waals surface area (Å²) in [5.41, 5.74) is 0.994. The summed E-state index contributed by atoms with van der Waals surface area (Å²) >= 11 is 0. The zero-order chi connectivity index (χ0) is 18.0. The Morgan fingerprint density at radius 1 is 1.16 bits per heavy atom. The van der Waals surface area contributed by atoms with Crippen LogP contribution in [0.25, 0.3) is 0 Å². The molecule has 0 aromatic heterocycles. The number of benzene rings is 1. The molecule has 7 heteroatoms. The van der Waals surface area contributed by atoms with Gasteiger partial charge in [-0.1, -0.05) is 19.3 Å². The number of carbonyl (C=O) groups is 3. The van der Waals surface area contributed by atoms with E-state index in [4.69, 9.17) is 0 Å². The topological polar surface area (TPSA) is 95.5 Å². The molecule has 6 nitrogen and oxygen atoms in total. The van der Waals surface area contributed by atoms with Gasteiger partial charge in [0.25, 0.3) is 5.91 Å². The molecule has 1 saturated carbocycles. The van der Waals surface area contributed by atoms with Gasteiger partial charge in [0, 0.05) is 18.2 Å². The van der Waals surface area contributed by atoms with E-state index in [1.165, 1.54) is 6.07 Å². The van der Waals surface area contributed by atoms with E-state index in [0.29, 0.717) is 36.9 Å². The quantitative estimate of drug-likeness (QED) is 0.731. The second kappa shape index (κ2) is 7.21. The molecule has 1 heterocycles. The molecule has 0 bridgehead atoms. The van der Waals surface area contributed by atoms with Crippen molar-refractivity contribution in [2.75, 3.05) is 5.32 Å². The summed E-state index contributed by atoms with van der Waals surface area (Å²) < 4.78 is 14.3. The number of hydrogen-bond acceptors (Lipinski definition) is 3. The highest BCUT2D eigenvalue weighted by Gasteiger charge is 2.31. The second-order valence-electron chi connectivity index (χ2n) is 6.70.